The molecule has 0 bridgehead atoms. The number of rotatable bonds is 13. The maximum absolute atomic E-state index is 9.57. The van der Waals surface area contributed by atoms with Gasteiger partial charge in [-0.15, -0.1) is 0 Å². The first kappa shape index (κ1) is 16.9. The lowest BCUT2D eigenvalue weighted by molar-refractivity contribution is 0.125. The quantitative estimate of drug-likeness (QED) is 0.375. The molecule has 1 atom stereocenters. The predicted molar refractivity (Wildman–Crippen MR) is 76.1 cm³/mol. The van der Waals surface area contributed by atoms with Crippen molar-refractivity contribution in [3.63, 3.8) is 0 Å². The lowest BCUT2D eigenvalue weighted by Gasteiger charge is -2.11. The molecule has 0 rings (SSSR count). The summed E-state index contributed by atoms with van der Waals surface area (Å²) in [5.74, 6) is 0. The van der Waals surface area contributed by atoms with Crippen LogP contribution in [-0.4, -0.2) is 17.9 Å². The van der Waals surface area contributed by atoms with E-state index in [1.807, 2.05) is 0 Å². The van der Waals surface area contributed by atoms with Crippen molar-refractivity contribution in [3.8, 4) is 0 Å². The number of nitrogens with one attached hydrogen (secondary N) is 1. The van der Waals surface area contributed by atoms with Crippen molar-refractivity contribution in [3.05, 3.63) is 0 Å². The first-order valence-electron chi connectivity index (χ1n) is 7.72. The smallest absolute Gasteiger partial charge is 0.104 e. The van der Waals surface area contributed by atoms with Crippen LogP contribution in [0.3, 0.4) is 0 Å². The first-order chi connectivity index (χ1) is 8.31. The van der Waals surface area contributed by atoms with Crippen LogP contribution in [0.15, 0.2) is 0 Å². The maximum Gasteiger partial charge on any atom is 0.104 e. The van der Waals surface area contributed by atoms with E-state index >= 15 is 0 Å². The van der Waals surface area contributed by atoms with E-state index in [9.17, 15) is 5.11 Å². The highest BCUT2D eigenvalue weighted by atomic mass is 16.3. The molecule has 2 heteroatoms. The van der Waals surface area contributed by atoms with E-state index < -0.39 is 0 Å². The minimum Gasteiger partial charge on any atom is -0.379 e. The summed E-state index contributed by atoms with van der Waals surface area (Å²) in [4.78, 5) is 0. The molecule has 17 heavy (non-hydrogen) atoms. The summed E-state index contributed by atoms with van der Waals surface area (Å²) >= 11 is 0. The summed E-state index contributed by atoms with van der Waals surface area (Å²) < 4.78 is 0. The highest BCUT2D eigenvalue weighted by Crippen LogP contribution is 2.10. The van der Waals surface area contributed by atoms with Crippen LogP contribution in [0.2, 0.25) is 0 Å². The van der Waals surface area contributed by atoms with Gasteiger partial charge in [0.2, 0.25) is 0 Å². The first-order valence-corrected chi connectivity index (χ1v) is 7.72. The summed E-state index contributed by atoms with van der Waals surface area (Å²) in [7, 11) is 0. The Morgan fingerprint density at radius 1 is 0.765 bits per heavy atom. The van der Waals surface area contributed by atoms with Gasteiger partial charge in [-0.1, -0.05) is 65.2 Å². The molecule has 0 radical (unpaired) electrons. The minimum absolute atomic E-state index is 0.278. The fourth-order valence-corrected chi connectivity index (χ4v) is 2.06. The van der Waals surface area contributed by atoms with Crippen molar-refractivity contribution >= 4 is 0 Å². The number of aliphatic hydroxyl groups excluding tert-OH is 1. The second-order valence-corrected chi connectivity index (χ2v) is 5.09. The van der Waals surface area contributed by atoms with Crippen LogP contribution in [0.5, 0.6) is 0 Å². The summed E-state index contributed by atoms with van der Waals surface area (Å²) in [6.45, 7) is 5.31. The molecule has 2 N–H and O–H groups in total. The van der Waals surface area contributed by atoms with E-state index in [2.05, 4.69) is 19.2 Å². The van der Waals surface area contributed by atoms with E-state index in [1.165, 1.54) is 51.4 Å². The lowest BCUT2D eigenvalue weighted by atomic mass is 10.1. The van der Waals surface area contributed by atoms with Crippen LogP contribution in [-0.2, 0) is 0 Å². The summed E-state index contributed by atoms with van der Waals surface area (Å²) in [5.41, 5.74) is 0. The molecule has 2 nitrogen and oxygen atoms in total. The monoisotopic (exact) mass is 243 g/mol. The van der Waals surface area contributed by atoms with Crippen molar-refractivity contribution in [1.29, 1.82) is 0 Å². The number of hydrogen-bond donors (Lipinski definition) is 2. The lowest BCUT2D eigenvalue weighted by Crippen LogP contribution is -2.29. The van der Waals surface area contributed by atoms with Gasteiger partial charge in [0.1, 0.15) is 6.23 Å². The van der Waals surface area contributed by atoms with Crippen molar-refractivity contribution in [2.75, 3.05) is 6.54 Å². The van der Waals surface area contributed by atoms with Gasteiger partial charge in [-0.25, -0.2) is 0 Å². The highest BCUT2D eigenvalue weighted by molar-refractivity contribution is 4.54. The molecule has 0 saturated carbocycles. The Bertz CT molecular complexity index is 139. The SMILES string of the molecule is CCCCCCCCCCCC(O)NCCC. The van der Waals surface area contributed by atoms with Gasteiger partial charge in [-0.2, -0.15) is 0 Å². The molecule has 0 fully saturated rings. The molecule has 0 aliphatic heterocycles. The molecular formula is C15H33NO. The van der Waals surface area contributed by atoms with E-state index in [-0.39, 0.29) is 6.23 Å². The molecular weight excluding hydrogens is 210 g/mol. The summed E-state index contributed by atoms with van der Waals surface area (Å²) in [6, 6.07) is 0. The van der Waals surface area contributed by atoms with E-state index in [1.54, 1.807) is 0 Å². The molecule has 0 aliphatic rings. The summed E-state index contributed by atoms with van der Waals surface area (Å²) in [5, 5.41) is 12.7. The van der Waals surface area contributed by atoms with Crippen LogP contribution in [0.25, 0.3) is 0 Å². The topological polar surface area (TPSA) is 32.3 Å². The third-order valence-corrected chi connectivity index (χ3v) is 3.21. The molecule has 0 saturated heterocycles. The molecule has 0 aromatic carbocycles. The Labute approximate surface area is 108 Å². The van der Waals surface area contributed by atoms with Gasteiger partial charge >= 0.3 is 0 Å². The zero-order valence-electron chi connectivity index (χ0n) is 12.0. The van der Waals surface area contributed by atoms with Crippen molar-refractivity contribution < 1.29 is 5.11 Å². The van der Waals surface area contributed by atoms with Crippen LogP contribution in [0.4, 0.5) is 0 Å². The molecule has 0 heterocycles. The normalized spacial score (nSPS) is 12.9. The van der Waals surface area contributed by atoms with E-state index in [0.29, 0.717) is 0 Å². The fraction of sp³-hybridized carbons (Fsp3) is 1.00. The van der Waals surface area contributed by atoms with Crippen molar-refractivity contribution in [1.82, 2.24) is 5.32 Å². The van der Waals surface area contributed by atoms with Gasteiger partial charge in [0.05, 0.1) is 0 Å². The van der Waals surface area contributed by atoms with Crippen molar-refractivity contribution in [2.45, 2.75) is 90.7 Å². The van der Waals surface area contributed by atoms with E-state index in [4.69, 9.17) is 0 Å². The largest absolute Gasteiger partial charge is 0.379 e. The molecule has 0 aromatic rings. The van der Waals surface area contributed by atoms with Crippen LogP contribution in [0.1, 0.15) is 84.5 Å². The van der Waals surface area contributed by atoms with Crippen LogP contribution < -0.4 is 5.32 Å². The van der Waals surface area contributed by atoms with Crippen LogP contribution >= 0.6 is 0 Å². The van der Waals surface area contributed by atoms with Gasteiger partial charge in [-0.3, -0.25) is 5.32 Å². The molecule has 104 valence electrons. The third kappa shape index (κ3) is 13.9. The van der Waals surface area contributed by atoms with Gasteiger partial charge in [0.25, 0.3) is 0 Å². The van der Waals surface area contributed by atoms with Gasteiger partial charge in [-0.05, 0) is 25.8 Å². The Hall–Kier alpha value is -0.0800. The molecule has 0 spiro atoms. The molecule has 1 unspecified atom stereocenters. The number of hydrogen-bond acceptors (Lipinski definition) is 2. The minimum atomic E-state index is -0.278. The zero-order chi connectivity index (χ0) is 12.8. The Balaban J connectivity index is 3.02. The Morgan fingerprint density at radius 2 is 1.29 bits per heavy atom. The standard InChI is InChI=1S/C15H33NO/c1-3-5-6-7-8-9-10-11-12-13-15(17)16-14-4-2/h15-17H,3-14H2,1-2H3. The second-order valence-electron chi connectivity index (χ2n) is 5.09. The van der Waals surface area contributed by atoms with Gasteiger partial charge in [0, 0.05) is 0 Å². The number of unbranched alkanes of at least 4 members (excludes halogenated alkanes) is 8. The maximum atomic E-state index is 9.57. The Morgan fingerprint density at radius 3 is 1.82 bits per heavy atom. The average molecular weight is 243 g/mol. The fourth-order valence-electron chi connectivity index (χ4n) is 2.06. The average Bonchev–Trinajstić information content (AvgIpc) is 2.34. The zero-order valence-corrected chi connectivity index (χ0v) is 12.0. The highest BCUT2D eigenvalue weighted by Gasteiger charge is 2.01. The Kier molecular flexibility index (Phi) is 13.9. The van der Waals surface area contributed by atoms with E-state index in [0.717, 1.165) is 25.8 Å². The molecule has 0 amide bonds. The van der Waals surface area contributed by atoms with Crippen LogP contribution in [0, 0.1) is 0 Å². The van der Waals surface area contributed by atoms with Crippen molar-refractivity contribution in [2.24, 2.45) is 0 Å². The molecule has 0 aliphatic carbocycles. The van der Waals surface area contributed by atoms with Gasteiger partial charge < -0.3 is 5.11 Å². The second kappa shape index (κ2) is 14.0. The predicted octanol–water partition coefficient (Wildman–Crippen LogP) is 4.23. The van der Waals surface area contributed by atoms with Gasteiger partial charge in [0.15, 0.2) is 0 Å². The summed E-state index contributed by atoms with van der Waals surface area (Å²) in [6.07, 6.45) is 13.8. The third-order valence-electron chi connectivity index (χ3n) is 3.21. The number of aliphatic hydroxyl groups is 1. The molecule has 0 aromatic heterocycles.